The molecular weight excluding hydrogens is 402 g/mol. The van der Waals surface area contributed by atoms with E-state index in [9.17, 15) is 13.2 Å². The minimum absolute atomic E-state index is 0.105. The molecule has 1 aliphatic heterocycles. The zero-order valence-corrected chi connectivity index (χ0v) is 18.9. The summed E-state index contributed by atoms with van der Waals surface area (Å²) in [6.45, 7) is 4.74. The average Bonchev–Trinajstić information content (AvgIpc) is 2.75. The van der Waals surface area contributed by atoms with E-state index in [1.54, 1.807) is 19.1 Å². The fourth-order valence-electron chi connectivity index (χ4n) is 4.43. The second kappa shape index (κ2) is 10.6. The first-order valence-electron chi connectivity index (χ1n) is 11.1. The lowest BCUT2D eigenvalue weighted by Gasteiger charge is -2.35. The van der Waals surface area contributed by atoms with Crippen LogP contribution in [0.5, 0.6) is 5.75 Å². The number of amides is 1. The van der Waals surface area contributed by atoms with Crippen molar-refractivity contribution < 1.29 is 17.9 Å². The number of benzene rings is 1. The monoisotopic (exact) mass is 437 g/mol. The molecule has 2 fully saturated rings. The maximum Gasteiger partial charge on any atom is 0.241 e. The number of carbonyl (C=O) groups is 1. The van der Waals surface area contributed by atoms with E-state index >= 15 is 0 Å². The van der Waals surface area contributed by atoms with Crippen LogP contribution in [0.1, 0.15) is 51.9 Å². The Hall–Kier alpha value is -1.64. The SMILES string of the molecule is COc1ccc(S(=O)(=O)N[C@@H](C)C(=O)NC2CCN(CC3CCCCC3)CC2)cc1. The fraction of sp³-hybridized carbons (Fsp3) is 0.682. The van der Waals surface area contributed by atoms with E-state index in [4.69, 9.17) is 4.74 Å². The van der Waals surface area contributed by atoms with Gasteiger partial charge < -0.3 is 15.0 Å². The Kier molecular flexibility index (Phi) is 8.13. The summed E-state index contributed by atoms with van der Waals surface area (Å²) in [6.07, 6.45) is 8.63. The zero-order valence-electron chi connectivity index (χ0n) is 18.1. The van der Waals surface area contributed by atoms with Crippen molar-refractivity contribution in [2.75, 3.05) is 26.7 Å². The van der Waals surface area contributed by atoms with Crippen LogP contribution >= 0.6 is 0 Å². The number of methoxy groups -OCH3 is 1. The first-order chi connectivity index (χ1) is 14.4. The van der Waals surface area contributed by atoms with Crippen LogP contribution in [0.15, 0.2) is 29.2 Å². The summed E-state index contributed by atoms with van der Waals surface area (Å²) in [4.78, 5) is 15.2. The van der Waals surface area contributed by atoms with Crippen LogP contribution in [0.25, 0.3) is 0 Å². The van der Waals surface area contributed by atoms with Gasteiger partial charge in [-0.25, -0.2) is 8.42 Å². The standard InChI is InChI=1S/C22H35N3O4S/c1-17(24-30(27,28)21-10-8-20(29-2)9-11-21)22(26)23-19-12-14-25(15-13-19)16-18-6-4-3-5-7-18/h8-11,17-19,24H,3-7,12-16H2,1-2H3,(H,23,26)/t17-/m0/s1. The van der Waals surface area contributed by atoms with Gasteiger partial charge >= 0.3 is 0 Å². The second-order valence-electron chi connectivity index (χ2n) is 8.61. The van der Waals surface area contributed by atoms with E-state index < -0.39 is 16.1 Å². The molecule has 168 valence electrons. The van der Waals surface area contributed by atoms with Gasteiger partial charge in [0.15, 0.2) is 0 Å². The summed E-state index contributed by atoms with van der Waals surface area (Å²) < 4.78 is 32.6. The number of rotatable bonds is 8. The predicted octanol–water partition coefficient (Wildman–Crippen LogP) is 2.52. The van der Waals surface area contributed by atoms with E-state index in [2.05, 4.69) is 14.9 Å². The molecule has 3 rings (SSSR count). The van der Waals surface area contributed by atoms with E-state index in [1.165, 1.54) is 57.9 Å². The quantitative estimate of drug-likeness (QED) is 0.653. The van der Waals surface area contributed by atoms with Crippen molar-refractivity contribution >= 4 is 15.9 Å². The Morgan fingerprint density at radius 3 is 2.33 bits per heavy atom. The average molecular weight is 438 g/mol. The molecule has 8 heteroatoms. The summed E-state index contributed by atoms with van der Waals surface area (Å²) in [6, 6.07) is 5.37. The van der Waals surface area contributed by atoms with Gasteiger partial charge in [0.1, 0.15) is 5.75 Å². The van der Waals surface area contributed by atoms with Crippen LogP contribution in [0.2, 0.25) is 0 Å². The molecule has 1 saturated heterocycles. The van der Waals surface area contributed by atoms with Crippen molar-refractivity contribution in [3.63, 3.8) is 0 Å². The number of hydrogen-bond donors (Lipinski definition) is 2. The third kappa shape index (κ3) is 6.43. The Labute approximate surface area is 180 Å². The van der Waals surface area contributed by atoms with Crippen molar-refractivity contribution in [2.45, 2.75) is 68.8 Å². The summed E-state index contributed by atoms with van der Waals surface area (Å²) >= 11 is 0. The lowest BCUT2D eigenvalue weighted by Crippen LogP contribution is -2.51. The topological polar surface area (TPSA) is 87.7 Å². The molecule has 1 atom stereocenters. The molecule has 0 aromatic heterocycles. The molecule has 2 aliphatic rings. The molecule has 0 bridgehead atoms. The number of nitrogens with zero attached hydrogens (tertiary/aromatic N) is 1. The van der Waals surface area contributed by atoms with E-state index in [1.807, 2.05) is 0 Å². The van der Waals surface area contributed by atoms with Crippen molar-refractivity contribution in [3.8, 4) is 5.75 Å². The molecule has 0 radical (unpaired) electrons. The first kappa shape index (κ1) is 23.0. The molecule has 1 heterocycles. The van der Waals surface area contributed by atoms with Gasteiger partial charge in [0.25, 0.3) is 0 Å². The number of likely N-dealkylation sites (tertiary alicyclic amines) is 1. The first-order valence-corrected chi connectivity index (χ1v) is 12.5. The highest BCUT2D eigenvalue weighted by Gasteiger charge is 2.27. The molecule has 1 aromatic carbocycles. The van der Waals surface area contributed by atoms with Crippen LogP contribution in [-0.2, 0) is 14.8 Å². The number of ether oxygens (including phenoxy) is 1. The van der Waals surface area contributed by atoms with Gasteiger partial charge in [-0.1, -0.05) is 19.3 Å². The lowest BCUT2D eigenvalue weighted by molar-refractivity contribution is -0.123. The zero-order chi connectivity index (χ0) is 21.6. The highest BCUT2D eigenvalue weighted by molar-refractivity contribution is 7.89. The van der Waals surface area contributed by atoms with Gasteiger partial charge in [0.05, 0.1) is 18.0 Å². The Balaban J connectivity index is 1.44. The highest BCUT2D eigenvalue weighted by atomic mass is 32.2. The summed E-state index contributed by atoms with van der Waals surface area (Å²) in [5.74, 6) is 1.13. The number of sulfonamides is 1. The van der Waals surface area contributed by atoms with Crippen molar-refractivity contribution in [3.05, 3.63) is 24.3 Å². The van der Waals surface area contributed by atoms with Crippen LogP contribution in [0.3, 0.4) is 0 Å². The Morgan fingerprint density at radius 1 is 1.10 bits per heavy atom. The van der Waals surface area contributed by atoms with Crippen LogP contribution in [0, 0.1) is 5.92 Å². The smallest absolute Gasteiger partial charge is 0.241 e. The van der Waals surface area contributed by atoms with E-state index in [0.717, 1.165) is 31.8 Å². The third-order valence-corrected chi connectivity index (χ3v) is 7.83. The van der Waals surface area contributed by atoms with Gasteiger partial charge in [0.2, 0.25) is 15.9 Å². The van der Waals surface area contributed by atoms with Crippen molar-refractivity contribution in [1.82, 2.24) is 14.9 Å². The second-order valence-corrected chi connectivity index (χ2v) is 10.3. The molecule has 1 saturated carbocycles. The molecule has 1 aromatic rings. The molecule has 2 N–H and O–H groups in total. The largest absolute Gasteiger partial charge is 0.497 e. The van der Waals surface area contributed by atoms with Gasteiger partial charge in [0, 0.05) is 25.7 Å². The summed E-state index contributed by atoms with van der Waals surface area (Å²) in [7, 11) is -2.25. The minimum Gasteiger partial charge on any atom is -0.497 e. The van der Waals surface area contributed by atoms with Crippen LogP contribution < -0.4 is 14.8 Å². The fourth-order valence-corrected chi connectivity index (χ4v) is 5.63. The molecule has 1 amide bonds. The van der Waals surface area contributed by atoms with Crippen molar-refractivity contribution in [2.24, 2.45) is 5.92 Å². The Bertz CT molecular complexity index is 783. The number of hydrogen-bond acceptors (Lipinski definition) is 5. The molecular formula is C22H35N3O4S. The van der Waals surface area contributed by atoms with E-state index in [-0.39, 0.29) is 16.8 Å². The maximum atomic E-state index is 12.5. The van der Waals surface area contributed by atoms with Crippen LogP contribution in [0.4, 0.5) is 0 Å². The van der Waals surface area contributed by atoms with Gasteiger partial charge in [-0.05, 0) is 62.8 Å². The van der Waals surface area contributed by atoms with E-state index in [0.29, 0.717) is 5.75 Å². The molecule has 30 heavy (non-hydrogen) atoms. The molecule has 0 unspecified atom stereocenters. The minimum atomic E-state index is -3.77. The number of piperidine rings is 1. The van der Waals surface area contributed by atoms with Gasteiger partial charge in [-0.2, -0.15) is 4.72 Å². The maximum absolute atomic E-state index is 12.5. The predicted molar refractivity (Wildman–Crippen MR) is 117 cm³/mol. The molecule has 0 spiro atoms. The highest BCUT2D eigenvalue weighted by Crippen LogP contribution is 2.25. The molecule has 7 nitrogen and oxygen atoms in total. The number of carbonyl (C=O) groups excluding carboxylic acids is 1. The van der Waals surface area contributed by atoms with Crippen molar-refractivity contribution in [1.29, 1.82) is 0 Å². The summed E-state index contributed by atoms with van der Waals surface area (Å²) in [5, 5.41) is 3.02. The normalized spacial score (nSPS) is 20.6. The van der Waals surface area contributed by atoms with Gasteiger partial charge in [-0.15, -0.1) is 0 Å². The molecule has 1 aliphatic carbocycles. The van der Waals surface area contributed by atoms with Gasteiger partial charge in [-0.3, -0.25) is 4.79 Å². The third-order valence-electron chi connectivity index (χ3n) is 6.27. The summed E-state index contributed by atoms with van der Waals surface area (Å²) in [5.41, 5.74) is 0. The lowest BCUT2D eigenvalue weighted by atomic mass is 9.88. The number of nitrogens with one attached hydrogen (secondary N) is 2. The Morgan fingerprint density at radius 2 is 1.73 bits per heavy atom. The van der Waals surface area contributed by atoms with Crippen LogP contribution in [-0.4, -0.2) is 58.1 Å².